The minimum Gasteiger partial charge on any atom is -0.356 e. The van der Waals surface area contributed by atoms with Crippen molar-refractivity contribution in [2.45, 2.75) is 38.3 Å². The molecule has 0 unspecified atom stereocenters. The van der Waals surface area contributed by atoms with E-state index < -0.39 is 17.3 Å². The van der Waals surface area contributed by atoms with Crippen LogP contribution in [0.25, 0.3) is 20.7 Å². The maximum atomic E-state index is 13.4. The van der Waals surface area contributed by atoms with Gasteiger partial charge in [-0.3, -0.25) is 18.7 Å². The van der Waals surface area contributed by atoms with Crippen LogP contribution >= 0.6 is 22.9 Å². The molecule has 9 heteroatoms. The number of fused-ring (bicyclic) bond motifs is 1. The highest BCUT2D eigenvalue weighted by atomic mass is 35.5. The van der Waals surface area contributed by atoms with Gasteiger partial charge in [-0.15, -0.1) is 11.3 Å². The van der Waals surface area contributed by atoms with Crippen molar-refractivity contribution in [2.75, 3.05) is 6.54 Å². The lowest BCUT2D eigenvalue weighted by atomic mass is 10.1. The van der Waals surface area contributed by atoms with Crippen LogP contribution in [0, 0.1) is 11.3 Å². The van der Waals surface area contributed by atoms with Crippen LogP contribution in [0.15, 0.2) is 39.9 Å². The highest BCUT2D eigenvalue weighted by Crippen LogP contribution is 2.35. The summed E-state index contributed by atoms with van der Waals surface area (Å²) in [6.45, 7) is 0.703. The molecular formula is C21H19ClN4O3S. The minimum atomic E-state index is -0.504. The van der Waals surface area contributed by atoms with Gasteiger partial charge in [-0.05, 0) is 25.0 Å². The average molecular weight is 443 g/mol. The van der Waals surface area contributed by atoms with Crippen LogP contribution in [-0.2, 0) is 11.3 Å². The molecule has 1 N–H and O–H groups in total. The highest BCUT2D eigenvalue weighted by Gasteiger charge is 2.25. The minimum absolute atomic E-state index is 0.0850. The Kier molecular flexibility index (Phi) is 5.75. The topological polar surface area (TPSA) is 96.9 Å². The number of amides is 1. The van der Waals surface area contributed by atoms with Gasteiger partial charge in [0.15, 0.2) is 0 Å². The van der Waals surface area contributed by atoms with Crippen LogP contribution in [0.4, 0.5) is 0 Å². The summed E-state index contributed by atoms with van der Waals surface area (Å²) in [5, 5.41) is 12.4. The van der Waals surface area contributed by atoms with Crippen molar-refractivity contribution in [3.63, 3.8) is 0 Å². The Hall–Kier alpha value is -2.89. The quantitative estimate of drug-likeness (QED) is 0.670. The lowest BCUT2D eigenvalue weighted by Crippen LogP contribution is -2.42. The summed E-state index contributed by atoms with van der Waals surface area (Å²) in [6.07, 6.45) is 1.46. The second kappa shape index (κ2) is 8.46. The summed E-state index contributed by atoms with van der Waals surface area (Å²) < 4.78 is 3.10. The van der Waals surface area contributed by atoms with Crippen LogP contribution in [0.1, 0.15) is 31.7 Å². The number of hydrogen-bond acceptors (Lipinski definition) is 5. The van der Waals surface area contributed by atoms with E-state index in [1.807, 2.05) is 18.2 Å². The molecule has 3 aromatic rings. The summed E-state index contributed by atoms with van der Waals surface area (Å²) in [6, 6.07) is 10.7. The van der Waals surface area contributed by atoms with Crippen LogP contribution in [0.2, 0.25) is 5.02 Å². The molecule has 1 aromatic carbocycles. The third-order valence-electron chi connectivity index (χ3n) is 5.26. The Morgan fingerprint density at radius 2 is 2.07 bits per heavy atom. The molecule has 1 fully saturated rings. The smallest absolute Gasteiger partial charge is 0.331 e. The lowest BCUT2D eigenvalue weighted by molar-refractivity contribution is -0.121. The van der Waals surface area contributed by atoms with Gasteiger partial charge in [-0.1, -0.05) is 29.8 Å². The molecule has 0 saturated carbocycles. The number of benzene rings is 1. The fraction of sp³-hybridized carbons (Fsp3) is 0.333. The van der Waals surface area contributed by atoms with Gasteiger partial charge in [0.1, 0.15) is 4.70 Å². The number of thiophene rings is 1. The normalized spacial score (nSPS) is 16.8. The van der Waals surface area contributed by atoms with Gasteiger partial charge in [0.05, 0.1) is 24.0 Å². The molecule has 0 bridgehead atoms. The lowest BCUT2D eigenvalue weighted by Gasteiger charge is -2.18. The average Bonchev–Trinajstić information content (AvgIpc) is 3.05. The molecule has 0 aliphatic carbocycles. The van der Waals surface area contributed by atoms with Crippen molar-refractivity contribution in [1.29, 1.82) is 5.26 Å². The molecule has 0 radical (unpaired) electrons. The van der Waals surface area contributed by atoms with E-state index in [-0.39, 0.29) is 25.3 Å². The number of rotatable bonds is 4. The molecule has 154 valence electrons. The molecule has 30 heavy (non-hydrogen) atoms. The zero-order valence-corrected chi connectivity index (χ0v) is 17.6. The van der Waals surface area contributed by atoms with Gasteiger partial charge in [0.2, 0.25) is 5.91 Å². The zero-order chi connectivity index (χ0) is 21.3. The number of hydrogen-bond donors (Lipinski definition) is 1. The van der Waals surface area contributed by atoms with Gasteiger partial charge >= 0.3 is 5.69 Å². The van der Waals surface area contributed by atoms with E-state index in [1.165, 1.54) is 20.5 Å². The Morgan fingerprint density at radius 3 is 2.83 bits per heavy atom. The number of carbonyl (C=O) groups excluding carboxylic acids is 1. The fourth-order valence-corrected chi connectivity index (χ4v) is 5.26. The van der Waals surface area contributed by atoms with Gasteiger partial charge in [0.25, 0.3) is 5.56 Å². The Morgan fingerprint density at radius 1 is 1.27 bits per heavy atom. The third kappa shape index (κ3) is 3.66. The zero-order valence-electron chi connectivity index (χ0n) is 16.1. The van der Waals surface area contributed by atoms with Gasteiger partial charge < -0.3 is 5.32 Å². The Bertz CT molecular complexity index is 1280. The van der Waals surface area contributed by atoms with Crippen molar-refractivity contribution in [2.24, 2.45) is 0 Å². The van der Waals surface area contributed by atoms with Gasteiger partial charge in [0, 0.05) is 35.0 Å². The van der Waals surface area contributed by atoms with E-state index in [1.54, 1.807) is 12.1 Å². The van der Waals surface area contributed by atoms with E-state index in [4.69, 9.17) is 16.9 Å². The van der Waals surface area contributed by atoms with Crippen LogP contribution in [-0.4, -0.2) is 21.6 Å². The largest absolute Gasteiger partial charge is 0.356 e. The van der Waals surface area contributed by atoms with E-state index in [0.717, 1.165) is 10.4 Å². The first-order valence-corrected chi connectivity index (χ1v) is 10.9. The van der Waals surface area contributed by atoms with Crippen LogP contribution in [0.5, 0.6) is 0 Å². The van der Waals surface area contributed by atoms with Crippen LogP contribution < -0.4 is 16.6 Å². The van der Waals surface area contributed by atoms with Crippen molar-refractivity contribution in [3.05, 3.63) is 56.2 Å². The van der Waals surface area contributed by atoms with E-state index in [2.05, 4.69) is 11.4 Å². The maximum absolute atomic E-state index is 13.4. The number of nitriles is 1. The molecule has 3 heterocycles. The van der Waals surface area contributed by atoms with E-state index in [9.17, 15) is 14.4 Å². The molecule has 1 aliphatic rings. The monoisotopic (exact) mass is 442 g/mol. The van der Waals surface area contributed by atoms with Gasteiger partial charge in [-0.25, -0.2) is 4.79 Å². The summed E-state index contributed by atoms with van der Waals surface area (Å²) in [5.74, 6) is -0.171. The Balaban J connectivity index is 1.96. The number of carbonyl (C=O) groups is 1. The van der Waals surface area contributed by atoms with Crippen molar-refractivity contribution < 1.29 is 4.79 Å². The standard InChI is InChI=1S/C21H19ClN4O3S/c22-15-7-2-1-6-14(15)17-12-16-19(30-17)20(28)26(21(29)25(16)10-4-8-23)13-5-3-9-24-18(27)11-13/h1-2,6-7,12-13H,3-5,9-11H2,(H,24,27)/t13-/m1/s1. The van der Waals surface area contributed by atoms with Gasteiger partial charge in [-0.2, -0.15) is 5.26 Å². The number of aryl methyl sites for hydroxylation is 1. The van der Waals surface area contributed by atoms with Crippen molar-refractivity contribution in [3.8, 4) is 16.5 Å². The van der Waals surface area contributed by atoms with Crippen molar-refractivity contribution >= 4 is 39.1 Å². The molecule has 7 nitrogen and oxygen atoms in total. The molecule has 1 aliphatic heterocycles. The number of nitrogens with zero attached hydrogens (tertiary/aromatic N) is 3. The fourth-order valence-electron chi connectivity index (χ4n) is 3.83. The summed E-state index contributed by atoms with van der Waals surface area (Å²) in [7, 11) is 0. The Labute approximate surface area is 181 Å². The first kappa shape index (κ1) is 20.4. The van der Waals surface area contributed by atoms with E-state index in [0.29, 0.717) is 34.6 Å². The summed E-state index contributed by atoms with van der Waals surface area (Å²) in [5.41, 5.74) is 0.395. The third-order valence-corrected chi connectivity index (χ3v) is 6.74. The highest BCUT2D eigenvalue weighted by molar-refractivity contribution is 7.22. The molecular weight excluding hydrogens is 424 g/mol. The summed E-state index contributed by atoms with van der Waals surface area (Å²) >= 11 is 7.61. The second-order valence-corrected chi connectivity index (χ2v) is 8.63. The molecule has 1 saturated heterocycles. The number of halogens is 1. The SMILES string of the molecule is N#CCCn1c(=O)n([C@@H]2CCCNC(=O)C2)c(=O)c2sc(-c3ccccc3Cl)cc21. The first-order valence-electron chi connectivity index (χ1n) is 9.68. The number of nitrogens with one attached hydrogen (secondary N) is 1. The first-order chi connectivity index (χ1) is 14.5. The predicted molar refractivity (Wildman–Crippen MR) is 117 cm³/mol. The molecule has 2 aromatic heterocycles. The molecule has 0 spiro atoms. The predicted octanol–water partition coefficient (Wildman–Crippen LogP) is 3.30. The maximum Gasteiger partial charge on any atom is 0.331 e. The molecule has 4 rings (SSSR count). The van der Waals surface area contributed by atoms with Crippen molar-refractivity contribution in [1.82, 2.24) is 14.5 Å². The molecule has 1 amide bonds. The summed E-state index contributed by atoms with van der Waals surface area (Å²) in [4.78, 5) is 39.5. The van der Waals surface area contributed by atoms with Crippen LogP contribution in [0.3, 0.4) is 0 Å². The van der Waals surface area contributed by atoms with E-state index >= 15 is 0 Å². The number of aromatic nitrogens is 2. The molecule has 1 atom stereocenters. The second-order valence-electron chi connectivity index (χ2n) is 7.17.